The number of ether oxygens (including phenoxy) is 3. The molecule has 4 heteroatoms. The van der Waals surface area contributed by atoms with Gasteiger partial charge in [0.25, 0.3) is 0 Å². The molecule has 1 aliphatic rings. The molecule has 4 nitrogen and oxygen atoms in total. The minimum atomic E-state index is 0.118. The highest BCUT2D eigenvalue weighted by Crippen LogP contribution is 2.37. The van der Waals surface area contributed by atoms with Gasteiger partial charge in [0.15, 0.2) is 23.0 Å². The second-order valence-corrected chi connectivity index (χ2v) is 3.95. The molecule has 0 saturated heterocycles. The first-order chi connectivity index (χ1) is 8.78. The Morgan fingerprint density at radius 2 is 1.72 bits per heavy atom. The van der Waals surface area contributed by atoms with Gasteiger partial charge in [-0.05, 0) is 35.4 Å². The second-order valence-electron chi connectivity index (χ2n) is 3.95. The van der Waals surface area contributed by atoms with Crippen LogP contribution in [0.25, 0.3) is 11.1 Å². The lowest BCUT2D eigenvalue weighted by molar-refractivity contribution is 0.174. The fourth-order valence-electron chi connectivity index (χ4n) is 1.95. The molecule has 0 radical (unpaired) electrons. The highest BCUT2D eigenvalue weighted by Gasteiger charge is 2.14. The average molecular weight is 244 g/mol. The van der Waals surface area contributed by atoms with Crippen LogP contribution < -0.4 is 14.2 Å². The molecule has 1 aliphatic heterocycles. The number of phenols is 1. The summed E-state index contributed by atoms with van der Waals surface area (Å²) >= 11 is 0. The monoisotopic (exact) mass is 244 g/mol. The molecule has 0 atom stereocenters. The van der Waals surface area contributed by atoms with Gasteiger partial charge in [0.2, 0.25) is 6.79 Å². The van der Waals surface area contributed by atoms with E-state index in [0.717, 1.165) is 22.6 Å². The molecule has 0 aliphatic carbocycles. The van der Waals surface area contributed by atoms with Crippen molar-refractivity contribution in [1.29, 1.82) is 0 Å². The predicted octanol–water partition coefficient (Wildman–Crippen LogP) is 2.80. The van der Waals surface area contributed by atoms with E-state index < -0.39 is 0 Å². The van der Waals surface area contributed by atoms with Crippen LogP contribution in [0.2, 0.25) is 0 Å². The van der Waals surface area contributed by atoms with Crippen LogP contribution in [0, 0.1) is 0 Å². The number of methoxy groups -OCH3 is 1. The maximum absolute atomic E-state index is 9.77. The van der Waals surface area contributed by atoms with E-state index in [2.05, 4.69) is 0 Å². The first-order valence-corrected chi connectivity index (χ1v) is 5.55. The Bertz CT molecular complexity index is 592. The summed E-state index contributed by atoms with van der Waals surface area (Å²) in [5, 5.41) is 9.77. The highest BCUT2D eigenvalue weighted by atomic mass is 16.7. The molecule has 0 bridgehead atoms. The molecule has 18 heavy (non-hydrogen) atoms. The summed E-state index contributed by atoms with van der Waals surface area (Å²) in [6.45, 7) is 0.257. The Labute approximate surface area is 104 Å². The number of rotatable bonds is 2. The molecule has 0 unspecified atom stereocenters. The molecule has 0 fully saturated rings. The predicted molar refractivity (Wildman–Crippen MR) is 66.2 cm³/mol. The maximum atomic E-state index is 9.77. The van der Waals surface area contributed by atoms with Gasteiger partial charge >= 0.3 is 0 Å². The van der Waals surface area contributed by atoms with Crippen molar-refractivity contribution in [3.63, 3.8) is 0 Å². The topological polar surface area (TPSA) is 47.9 Å². The zero-order chi connectivity index (χ0) is 12.5. The second kappa shape index (κ2) is 4.14. The summed E-state index contributed by atoms with van der Waals surface area (Å²) in [7, 11) is 1.52. The Kier molecular flexibility index (Phi) is 2.48. The van der Waals surface area contributed by atoms with Crippen molar-refractivity contribution in [3.05, 3.63) is 36.4 Å². The average Bonchev–Trinajstić information content (AvgIpc) is 2.85. The van der Waals surface area contributed by atoms with E-state index in [1.165, 1.54) is 7.11 Å². The van der Waals surface area contributed by atoms with E-state index in [4.69, 9.17) is 14.2 Å². The molecular formula is C14H12O4. The van der Waals surface area contributed by atoms with Crippen molar-refractivity contribution >= 4 is 0 Å². The van der Waals surface area contributed by atoms with Gasteiger partial charge < -0.3 is 19.3 Å². The van der Waals surface area contributed by atoms with Crippen LogP contribution >= 0.6 is 0 Å². The molecule has 2 aromatic rings. The fraction of sp³-hybridized carbons (Fsp3) is 0.143. The Hall–Kier alpha value is -2.36. The number of hydrogen-bond acceptors (Lipinski definition) is 4. The SMILES string of the molecule is COc1ccc(-c2ccc3c(c2)OCO3)cc1O. The maximum Gasteiger partial charge on any atom is 0.231 e. The summed E-state index contributed by atoms with van der Waals surface area (Å²) < 4.78 is 15.6. The third-order valence-corrected chi connectivity index (χ3v) is 2.88. The molecule has 0 amide bonds. The summed E-state index contributed by atoms with van der Waals surface area (Å²) in [4.78, 5) is 0. The molecule has 92 valence electrons. The van der Waals surface area contributed by atoms with Gasteiger partial charge in [0.05, 0.1) is 7.11 Å². The molecule has 1 heterocycles. The molecule has 3 rings (SSSR count). The Morgan fingerprint density at radius 3 is 2.50 bits per heavy atom. The summed E-state index contributed by atoms with van der Waals surface area (Å²) in [6, 6.07) is 11.0. The molecule has 2 aromatic carbocycles. The lowest BCUT2D eigenvalue weighted by Gasteiger charge is -2.07. The molecular weight excluding hydrogens is 232 g/mol. The van der Waals surface area contributed by atoms with Gasteiger partial charge in [-0.3, -0.25) is 0 Å². The van der Waals surface area contributed by atoms with Gasteiger partial charge in [-0.15, -0.1) is 0 Å². The minimum Gasteiger partial charge on any atom is -0.504 e. The lowest BCUT2D eigenvalue weighted by Crippen LogP contribution is -1.92. The number of benzene rings is 2. The van der Waals surface area contributed by atoms with Crippen molar-refractivity contribution in [2.45, 2.75) is 0 Å². The van der Waals surface area contributed by atoms with E-state index in [0.29, 0.717) is 5.75 Å². The number of phenolic OH excluding ortho intramolecular Hbond substituents is 1. The summed E-state index contributed by atoms with van der Waals surface area (Å²) in [6.07, 6.45) is 0. The normalized spacial score (nSPS) is 12.5. The highest BCUT2D eigenvalue weighted by molar-refractivity contribution is 5.70. The van der Waals surface area contributed by atoms with Crippen molar-refractivity contribution in [2.75, 3.05) is 13.9 Å². The minimum absolute atomic E-state index is 0.118. The van der Waals surface area contributed by atoms with E-state index >= 15 is 0 Å². The fourth-order valence-corrected chi connectivity index (χ4v) is 1.95. The van der Waals surface area contributed by atoms with Crippen molar-refractivity contribution in [1.82, 2.24) is 0 Å². The summed E-state index contributed by atoms with van der Waals surface area (Å²) in [5.74, 6) is 2.05. The molecule has 0 spiro atoms. The van der Waals surface area contributed by atoms with E-state index in [9.17, 15) is 5.11 Å². The zero-order valence-electron chi connectivity index (χ0n) is 9.84. The van der Waals surface area contributed by atoms with Crippen LogP contribution in [0.3, 0.4) is 0 Å². The van der Waals surface area contributed by atoms with Crippen LogP contribution in [0.1, 0.15) is 0 Å². The van der Waals surface area contributed by atoms with Gasteiger partial charge in [0, 0.05) is 0 Å². The number of hydrogen-bond donors (Lipinski definition) is 1. The van der Waals surface area contributed by atoms with Crippen LogP contribution in [-0.2, 0) is 0 Å². The first kappa shape index (κ1) is 10.8. The molecule has 0 aromatic heterocycles. The zero-order valence-corrected chi connectivity index (χ0v) is 9.84. The van der Waals surface area contributed by atoms with E-state index in [1.807, 2.05) is 24.3 Å². The van der Waals surface area contributed by atoms with Crippen LogP contribution in [0.15, 0.2) is 36.4 Å². The first-order valence-electron chi connectivity index (χ1n) is 5.55. The Morgan fingerprint density at radius 1 is 1.00 bits per heavy atom. The summed E-state index contributed by atoms with van der Waals surface area (Å²) in [5.41, 5.74) is 1.85. The number of aromatic hydroxyl groups is 1. The molecule has 1 N–H and O–H groups in total. The third-order valence-electron chi connectivity index (χ3n) is 2.88. The molecule has 0 saturated carbocycles. The van der Waals surface area contributed by atoms with Gasteiger partial charge in [-0.25, -0.2) is 0 Å². The lowest BCUT2D eigenvalue weighted by atomic mass is 10.0. The van der Waals surface area contributed by atoms with Gasteiger partial charge in [-0.2, -0.15) is 0 Å². The van der Waals surface area contributed by atoms with Crippen molar-refractivity contribution < 1.29 is 19.3 Å². The van der Waals surface area contributed by atoms with E-state index in [-0.39, 0.29) is 12.5 Å². The third kappa shape index (κ3) is 1.72. The van der Waals surface area contributed by atoms with Crippen molar-refractivity contribution in [2.24, 2.45) is 0 Å². The van der Waals surface area contributed by atoms with Crippen LogP contribution in [-0.4, -0.2) is 19.0 Å². The van der Waals surface area contributed by atoms with Gasteiger partial charge in [-0.1, -0.05) is 12.1 Å². The Balaban J connectivity index is 2.02. The quantitative estimate of drug-likeness (QED) is 0.882. The van der Waals surface area contributed by atoms with Gasteiger partial charge in [0.1, 0.15) is 0 Å². The standard InChI is InChI=1S/C14H12O4/c1-16-12-4-2-9(6-11(12)15)10-3-5-13-14(7-10)18-8-17-13/h2-7,15H,8H2,1H3. The van der Waals surface area contributed by atoms with Crippen molar-refractivity contribution in [3.8, 4) is 34.1 Å². The smallest absolute Gasteiger partial charge is 0.231 e. The van der Waals surface area contributed by atoms with Crippen LogP contribution in [0.4, 0.5) is 0 Å². The number of fused-ring (bicyclic) bond motifs is 1. The van der Waals surface area contributed by atoms with E-state index in [1.54, 1.807) is 12.1 Å². The largest absolute Gasteiger partial charge is 0.504 e. The van der Waals surface area contributed by atoms with Crippen LogP contribution in [0.5, 0.6) is 23.0 Å².